The number of carbonyl (C=O) groups excluding carboxylic acids is 1. The van der Waals surface area contributed by atoms with Crippen LogP contribution in [0.2, 0.25) is 0 Å². The zero-order chi connectivity index (χ0) is 19.4. The lowest BCUT2D eigenvalue weighted by atomic mass is 9.88. The number of aromatic nitrogens is 1. The highest BCUT2D eigenvalue weighted by Crippen LogP contribution is 2.34. The topological polar surface area (TPSA) is 37.3 Å². The molecule has 0 saturated heterocycles. The van der Waals surface area contributed by atoms with Crippen LogP contribution in [0.3, 0.4) is 0 Å². The summed E-state index contributed by atoms with van der Waals surface area (Å²) < 4.78 is 15.5. The molecule has 0 saturated carbocycles. The van der Waals surface area contributed by atoms with Crippen LogP contribution in [0.15, 0.2) is 54.7 Å². The van der Waals surface area contributed by atoms with Crippen LogP contribution in [0, 0.1) is 5.82 Å². The van der Waals surface area contributed by atoms with Crippen molar-refractivity contribution in [3.05, 3.63) is 71.7 Å². The fraction of sp³-hybridized carbons (Fsp3) is 0.318. The van der Waals surface area contributed by atoms with Crippen LogP contribution in [0.1, 0.15) is 23.5 Å². The van der Waals surface area contributed by atoms with Crippen molar-refractivity contribution in [2.45, 2.75) is 12.3 Å². The molecule has 2 aromatic carbocycles. The average Bonchev–Trinajstić information content (AvgIpc) is 2.97. The molecule has 0 aliphatic heterocycles. The summed E-state index contributed by atoms with van der Waals surface area (Å²) in [5, 5.41) is 4.11. The molecule has 0 radical (unpaired) electrons. The number of benzene rings is 2. The van der Waals surface area contributed by atoms with Crippen molar-refractivity contribution in [2.75, 3.05) is 27.2 Å². The van der Waals surface area contributed by atoms with Crippen LogP contribution in [-0.2, 0) is 11.8 Å². The normalized spacial score (nSPS) is 12.5. The van der Waals surface area contributed by atoms with Gasteiger partial charge >= 0.3 is 0 Å². The molecule has 27 heavy (non-hydrogen) atoms. The third-order valence-electron chi connectivity index (χ3n) is 4.85. The number of nitrogens with one attached hydrogen (secondary N) is 1. The molecule has 3 rings (SSSR count). The quantitative estimate of drug-likeness (QED) is 0.694. The summed E-state index contributed by atoms with van der Waals surface area (Å²) in [6, 6.07) is 14.6. The number of hydrogen-bond donors (Lipinski definition) is 1. The number of rotatable bonds is 7. The van der Waals surface area contributed by atoms with Crippen molar-refractivity contribution in [3.8, 4) is 0 Å². The Morgan fingerprint density at radius 1 is 1.15 bits per heavy atom. The van der Waals surface area contributed by atoms with Gasteiger partial charge in [0.15, 0.2) is 0 Å². The molecular weight excluding hydrogens is 341 g/mol. The van der Waals surface area contributed by atoms with E-state index >= 15 is 0 Å². The predicted octanol–water partition coefficient (Wildman–Crippen LogP) is 3.52. The largest absolute Gasteiger partial charge is 0.355 e. The van der Waals surface area contributed by atoms with E-state index in [-0.39, 0.29) is 17.6 Å². The zero-order valence-corrected chi connectivity index (χ0v) is 16.1. The number of halogens is 1. The predicted molar refractivity (Wildman–Crippen MR) is 107 cm³/mol. The molecule has 1 N–H and O–H groups in total. The molecule has 1 atom stereocenters. The zero-order valence-electron chi connectivity index (χ0n) is 16.1. The monoisotopic (exact) mass is 367 g/mol. The third-order valence-corrected chi connectivity index (χ3v) is 4.85. The van der Waals surface area contributed by atoms with Gasteiger partial charge in [-0.05, 0) is 43.4 Å². The van der Waals surface area contributed by atoms with Crippen LogP contribution in [-0.4, -0.2) is 42.6 Å². The summed E-state index contributed by atoms with van der Waals surface area (Å²) in [5.41, 5.74) is 3.14. The van der Waals surface area contributed by atoms with E-state index in [1.54, 1.807) is 12.1 Å². The fourth-order valence-corrected chi connectivity index (χ4v) is 3.43. The number of carbonyl (C=O) groups is 1. The summed E-state index contributed by atoms with van der Waals surface area (Å²) >= 11 is 0. The number of aryl methyl sites for hydroxylation is 1. The molecule has 4 nitrogen and oxygen atoms in total. The summed E-state index contributed by atoms with van der Waals surface area (Å²) in [4.78, 5) is 14.6. The fourth-order valence-electron chi connectivity index (χ4n) is 3.43. The Hall–Kier alpha value is -2.66. The number of para-hydroxylation sites is 1. The van der Waals surface area contributed by atoms with Crippen LogP contribution in [0.5, 0.6) is 0 Å². The first-order valence-corrected chi connectivity index (χ1v) is 9.16. The Morgan fingerprint density at radius 3 is 2.56 bits per heavy atom. The second-order valence-corrected chi connectivity index (χ2v) is 7.17. The van der Waals surface area contributed by atoms with E-state index < -0.39 is 0 Å². The van der Waals surface area contributed by atoms with Gasteiger partial charge in [0.2, 0.25) is 5.91 Å². The van der Waals surface area contributed by atoms with Gasteiger partial charge in [0.1, 0.15) is 5.82 Å². The second-order valence-electron chi connectivity index (χ2n) is 7.17. The Balaban J connectivity index is 1.92. The summed E-state index contributed by atoms with van der Waals surface area (Å²) in [6.07, 6.45) is 2.40. The lowest BCUT2D eigenvalue weighted by molar-refractivity contribution is -0.121. The lowest BCUT2D eigenvalue weighted by Crippen LogP contribution is -2.32. The van der Waals surface area contributed by atoms with E-state index in [9.17, 15) is 9.18 Å². The Kier molecular flexibility index (Phi) is 5.91. The summed E-state index contributed by atoms with van der Waals surface area (Å²) in [7, 11) is 5.96. The molecule has 3 aromatic rings. The minimum Gasteiger partial charge on any atom is -0.355 e. The van der Waals surface area contributed by atoms with Gasteiger partial charge in [-0.2, -0.15) is 0 Å². The highest BCUT2D eigenvalue weighted by molar-refractivity contribution is 5.86. The molecule has 0 fully saturated rings. The van der Waals surface area contributed by atoms with Crippen molar-refractivity contribution in [3.63, 3.8) is 0 Å². The molecule has 142 valence electrons. The van der Waals surface area contributed by atoms with E-state index in [1.165, 1.54) is 12.1 Å². The SMILES string of the molecule is CN(C)CCNC(=O)CC(c1ccc(F)cc1)c1cn(C)c2ccccc12. The van der Waals surface area contributed by atoms with Gasteiger partial charge in [-0.25, -0.2) is 4.39 Å². The van der Waals surface area contributed by atoms with Gasteiger partial charge in [0, 0.05) is 49.6 Å². The summed E-state index contributed by atoms with van der Waals surface area (Å²) in [6.45, 7) is 1.40. The minimum absolute atomic E-state index is 0.000825. The highest BCUT2D eigenvalue weighted by Gasteiger charge is 2.22. The van der Waals surface area contributed by atoms with Crippen LogP contribution in [0.4, 0.5) is 4.39 Å². The van der Waals surface area contributed by atoms with Gasteiger partial charge < -0.3 is 14.8 Å². The number of nitrogens with zero attached hydrogens (tertiary/aromatic N) is 2. The molecule has 1 amide bonds. The number of fused-ring (bicyclic) bond motifs is 1. The maximum atomic E-state index is 13.4. The summed E-state index contributed by atoms with van der Waals surface area (Å²) in [5.74, 6) is -0.402. The maximum absolute atomic E-state index is 13.4. The third kappa shape index (κ3) is 4.55. The minimum atomic E-state index is -0.272. The smallest absolute Gasteiger partial charge is 0.220 e. The number of amides is 1. The molecule has 5 heteroatoms. The van der Waals surface area contributed by atoms with E-state index in [0.29, 0.717) is 13.0 Å². The molecule has 1 heterocycles. The molecule has 0 spiro atoms. The number of hydrogen-bond acceptors (Lipinski definition) is 2. The van der Waals surface area contributed by atoms with E-state index in [1.807, 2.05) is 38.2 Å². The Morgan fingerprint density at radius 2 is 1.85 bits per heavy atom. The van der Waals surface area contributed by atoms with E-state index in [2.05, 4.69) is 28.2 Å². The second kappa shape index (κ2) is 8.35. The van der Waals surface area contributed by atoms with Gasteiger partial charge in [0.25, 0.3) is 0 Å². The maximum Gasteiger partial charge on any atom is 0.220 e. The molecule has 1 unspecified atom stereocenters. The van der Waals surface area contributed by atoms with E-state index in [0.717, 1.165) is 28.6 Å². The highest BCUT2D eigenvalue weighted by atomic mass is 19.1. The molecule has 1 aromatic heterocycles. The van der Waals surface area contributed by atoms with Gasteiger partial charge in [-0.1, -0.05) is 30.3 Å². The first-order chi connectivity index (χ1) is 13.0. The van der Waals surface area contributed by atoms with Gasteiger partial charge in [-0.3, -0.25) is 4.79 Å². The average molecular weight is 367 g/mol. The van der Waals surface area contributed by atoms with Crippen LogP contribution >= 0.6 is 0 Å². The standard InChI is InChI=1S/C22H26FN3O/c1-25(2)13-12-24-22(27)14-19(16-8-10-17(23)11-9-16)20-15-26(3)21-7-5-4-6-18(20)21/h4-11,15,19H,12-14H2,1-3H3,(H,24,27). The van der Waals surface area contributed by atoms with Crippen LogP contribution in [0.25, 0.3) is 10.9 Å². The van der Waals surface area contributed by atoms with Crippen molar-refractivity contribution in [1.29, 1.82) is 0 Å². The molecule has 0 aliphatic carbocycles. The Bertz CT molecular complexity index is 915. The van der Waals surface area contributed by atoms with Gasteiger partial charge in [0.05, 0.1) is 0 Å². The van der Waals surface area contributed by atoms with Crippen molar-refractivity contribution < 1.29 is 9.18 Å². The van der Waals surface area contributed by atoms with Crippen LogP contribution < -0.4 is 5.32 Å². The van der Waals surface area contributed by atoms with E-state index in [4.69, 9.17) is 0 Å². The lowest BCUT2D eigenvalue weighted by Gasteiger charge is -2.18. The first kappa shape index (κ1) is 19.1. The Labute approximate surface area is 159 Å². The molecule has 0 aliphatic rings. The van der Waals surface area contributed by atoms with Crippen molar-refractivity contribution in [2.24, 2.45) is 7.05 Å². The first-order valence-electron chi connectivity index (χ1n) is 9.16. The van der Waals surface area contributed by atoms with Gasteiger partial charge in [-0.15, -0.1) is 0 Å². The molecule has 0 bridgehead atoms. The van der Waals surface area contributed by atoms with Crippen molar-refractivity contribution >= 4 is 16.8 Å². The molecular formula is C22H26FN3O. The van der Waals surface area contributed by atoms with Crippen molar-refractivity contribution in [1.82, 2.24) is 14.8 Å². The number of likely N-dealkylation sites (N-methyl/N-ethyl adjacent to an activating group) is 1.